The van der Waals surface area contributed by atoms with Crippen molar-refractivity contribution in [3.8, 4) is 0 Å². The zero-order valence-electron chi connectivity index (χ0n) is 6.91. The predicted octanol–water partition coefficient (Wildman–Crippen LogP) is -0.00670. The van der Waals surface area contributed by atoms with Crippen molar-refractivity contribution in [1.82, 2.24) is 0 Å². The van der Waals surface area contributed by atoms with E-state index in [9.17, 15) is 0 Å². The first-order valence-electron chi connectivity index (χ1n) is 3.07. The molecule has 0 saturated carbocycles. The minimum atomic E-state index is 0. The predicted molar refractivity (Wildman–Crippen MR) is 38.3 cm³/mol. The first kappa shape index (κ1) is 22.4. The number of aliphatic hydroxyl groups excluding tert-OH is 3. The van der Waals surface area contributed by atoms with Crippen LogP contribution in [-0.4, -0.2) is 35.1 Å². The Labute approximate surface area is 78.6 Å². The molecule has 0 unspecified atom stereocenters. The van der Waals surface area contributed by atoms with Gasteiger partial charge < -0.3 is 15.3 Å². The Balaban J connectivity index is -0.0000000257. The zero-order valence-corrected chi connectivity index (χ0v) is 10.1. The summed E-state index contributed by atoms with van der Waals surface area (Å²) in [5.41, 5.74) is 0. The maximum absolute atomic E-state index is 7.57. The van der Waals surface area contributed by atoms with Crippen LogP contribution in [0.1, 0.15) is 20.8 Å². The summed E-state index contributed by atoms with van der Waals surface area (Å²) in [6.45, 7) is 5.79. The van der Waals surface area contributed by atoms with E-state index in [0.29, 0.717) is 0 Å². The molecule has 0 bridgehead atoms. The van der Waals surface area contributed by atoms with Gasteiger partial charge in [0.05, 0.1) is 0 Å². The topological polar surface area (TPSA) is 60.7 Å². The molecular formula is C6H18O3Ta. The fraction of sp³-hybridized carbons (Fsp3) is 1.00. The average molecular weight is 319 g/mol. The molecule has 65 valence electrons. The summed E-state index contributed by atoms with van der Waals surface area (Å²) < 4.78 is 0. The molecule has 3 nitrogen and oxygen atoms in total. The van der Waals surface area contributed by atoms with Gasteiger partial charge in [0.25, 0.3) is 0 Å². The van der Waals surface area contributed by atoms with Gasteiger partial charge in [-0.1, -0.05) is 0 Å². The standard InChI is InChI=1S/3C2H6O.Ta/c3*1-2-3;/h3*3H,2H2,1H3;. The summed E-state index contributed by atoms with van der Waals surface area (Å²) in [4.78, 5) is 0. The normalized spacial score (nSPS) is 5.40. The van der Waals surface area contributed by atoms with Crippen LogP contribution in [-0.2, 0) is 22.4 Å². The molecule has 0 aromatic carbocycles. The first-order chi connectivity index (χ1) is 4.24. The molecule has 0 atom stereocenters. The fourth-order valence-corrected chi connectivity index (χ4v) is 0. The summed E-state index contributed by atoms with van der Waals surface area (Å²) in [5, 5.41) is 22.7. The molecule has 0 amide bonds. The van der Waals surface area contributed by atoms with Crippen LogP contribution in [0.5, 0.6) is 0 Å². The molecular weight excluding hydrogens is 301 g/mol. The number of hydrogen-bond donors (Lipinski definition) is 3. The summed E-state index contributed by atoms with van der Waals surface area (Å²) in [6, 6.07) is 0. The Morgan fingerprint density at radius 2 is 0.700 bits per heavy atom. The van der Waals surface area contributed by atoms with Gasteiger partial charge >= 0.3 is 0 Å². The Hall–Kier alpha value is 0.620. The largest absolute Gasteiger partial charge is 0.397 e. The van der Waals surface area contributed by atoms with Crippen molar-refractivity contribution in [2.75, 3.05) is 19.8 Å². The molecule has 0 spiro atoms. The average Bonchev–Trinajstić information content (AvgIpc) is 1.70. The second kappa shape index (κ2) is 54.5. The molecule has 3 N–H and O–H groups in total. The van der Waals surface area contributed by atoms with E-state index in [1.165, 1.54) is 0 Å². The molecule has 0 rings (SSSR count). The zero-order chi connectivity index (χ0) is 8.12. The number of aliphatic hydroxyl groups is 3. The van der Waals surface area contributed by atoms with Crippen molar-refractivity contribution in [2.24, 2.45) is 0 Å². The van der Waals surface area contributed by atoms with E-state index >= 15 is 0 Å². The third kappa shape index (κ3) is 1300. The molecule has 0 aromatic rings. The van der Waals surface area contributed by atoms with Gasteiger partial charge in [0.15, 0.2) is 0 Å². The molecule has 0 aliphatic rings. The summed E-state index contributed by atoms with van der Waals surface area (Å²) in [7, 11) is 0. The van der Waals surface area contributed by atoms with E-state index < -0.39 is 0 Å². The first-order valence-corrected chi connectivity index (χ1v) is 3.07. The van der Waals surface area contributed by atoms with Crippen LogP contribution in [0, 0.1) is 0 Å². The molecule has 0 saturated heterocycles. The van der Waals surface area contributed by atoms with Gasteiger partial charge in [-0.25, -0.2) is 0 Å². The van der Waals surface area contributed by atoms with Gasteiger partial charge in [0.2, 0.25) is 0 Å². The minimum Gasteiger partial charge on any atom is -0.397 e. The Morgan fingerprint density at radius 3 is 0.700 bits per heavy atom. The van der Waals surface area contributed by atoms with Gasteiger partial charge in [0.1, 0.15) is 0 Å². The molecule has 0 fully saturated rings. The third-order valence-electron chi connectivity index (χ3n) is 0. The van der Waals surface area contributed by atoms with Gasteiger partial charge in [0, 0.05) is 42.2 Å². The molecule has 0 aromatic heterocycles. The van der Waals surface area contributed by atoms with E-state index in [0.717, 1.165) is 0 Å². The van der Waals surface area contributed by atoms with Gasteiger partial charge in [-0.3, -0.25) is 0 Å². The number of rotatable bonds is 0. The van der Waals surface area contributed by atoms with E-state index in [4.69, 9.17) is 15.3 Å². The molecule has 0 heterocycles. The SMILES string of the molecule is CCO.CCO.CCO.[Ta]. The quantitative estimate of drug-likeness (QED) is 0.589. The molecule has 1 radical (unpaired) electrons. The van der Waals surface area contributed by atoms with Gasteiger partial charge in [-0.15, -0.1) is 0 Å². The molecule has 10 heavy (non-hydrogen) atoms. The van der Waals surface area contributed by atoms with Gasteiger partial charge in [-0.05, 0) is 20.8 Å². The maximum atomic E-state index is 7.57. The Bertz CT molecular complexity index is 17.7. The van der Waals surface area contributed by atoms with Crippen LogP contribution in [0.4, 0.5) is 0 Å². The fourth-order valence-electron chi connectivity index (χ4n) is 0. The van der Waals surface area contributed by atoms with Crippen molar-refractivity contribution in [1.29, 1.82) is 0 Å². The number of hydrogen-bond acceptors (Lipinski definition) is 3. The summed E-state index contributed by atoms with van der Waals surface area (Å²) >= 11 is 0. The summed E-state index contributed by atoms with van der Waals surface area (Å²) in [6.07, 6.45) is 0. The van der Waals surface area contributed by atoms with Crippen molar-refractivity contribution >= 4 is 0 Å². The second-order valence-corrected chi connectivity index (χ2v) is 0.949. The van der Waals surface area contributed by atoms with Crippen LogP contribution >= 0.6 is 0 Å². The van der Waals surface area contributed by atoms with Crippen LogP contribution in [0.25, 0.3) is 0 Å². The third-order valence-corrected chi connectivity index (χ3v) is 0. The van der Waals surface area contributed by atoms with Crippen molar-refractivity contribution in [3.05, 3.63) is 0 Å². The summed E-state index contributed by atoms with van der Waals surface area (Å²) in [5.74, 6) is 0. The van der Waals surface area contributed by atoms with Crippen molar-refractivity contribution in [3.63, 3.8) is 0 Å². The van der Waals surface area contributed by atoms with E-state index in [1.807, 2.05) is 0 Å². The second-order valence-electron chi connectivity index (χ2n) is 0.949. The van der Waals surface area contributed by atoms with E-state index in [1.54, 1.807) is 20.8 Å². The Kier molecular flexibility index (Phi) is 122. The minimum absolute atomic E-state index is 0. The molecule has 0 aliphatic heterocycles. The Morgan fingerprint density at radius 1 is 0.700 bits per heavy atom. The van der Waals surface area contributed by atoms with Crippen LogP contribution in [0.15, 0.2) is 0 Å². The molecule has 0 aliphatic carbocycles. The van der Waals surface area contributed by atoms with Crippen molar-refractivity contribution < 1.29 is 37.7 Å². The van der Waals surface area contributed by atoms with Gasteiger partial charge in [-0.2, -0.15) is 0 Å². The van der Waals surface area contributed by atoms with Crippen LogP contribution < -0.4 is 0 Å². The maximum Gasteiger partial charge on any atom is 0.0402 e. The monoisotopic (exact) mass is 319 g/mol. The van der Waals surface area contributed by atoms with Crippen LogP contribution in [0.3, 0.4) is 0 Å². The van der Waals surface area contributed by atoms with E-state index in [2.05, 4.69) is 0 Å². The van der Waals surface area contributed by atoms with Crippen molar-refractivity contribution in [2.45, 2.75) is 20.8 Å². The van der Waals surface area contributed by atoms with Crippen LogP contribution in [0.2, 0.25) is 0 Å². The molecule has 4 heteroatoms. The van der Waals surface area contributed by atoms with E-state index in [-0.39, 0.29) is 42.2 Å². The smallest absolute Gasteiger partial charge is 0.0402 e.